The second-order valence-corrected chi connectivity index (χ2v) is 6.98. The summed E-state index contributed by atoms with van der Waals surface area (Å²) in [4.78, 5) is 38.2. The fourth-order valence-corrected chi connectivity index (χ4v) is 3.17. The van der Waals surface area contributed by atoms with Gasteiger partial charge in [-0.15, -0.1) is 0 Å². The molecule has 1 heterocycles. The first-order chi connectivity index (χ1) is 13.5. The van der Waals surface area contributed by atoms with Crippen molar-refractivity contribution in [1.29, 1.82) is 0 Å². The summed E-state index contributed by atoms with van der Waals surface area (Å²) in [5.74, 6) is -0.358. The Labute approximate surface area is 166 Å². The van der Waals surface area contributed by atoms with Gasteiger partial charge in [-0.05, 0) is 44.4 Å². The number of hydrogen-bond donors (Lipinski definition) is 2. The van der Waals surface area contributed by atoms with Crippen molar-refractivity contribution < 1.29 is 19.1 Å². The van der Waals surface area contributed by atoms with E-state index in [1.54, 1.807) is 36.1 Å². The van der Waals surface area contributed by atoms with E-state index in [1.807, 2.05) is 0 Å². The maximum Gasteiger partial charge on any atom is 0.409 e. The van der Waals surface area contributed by atoms with E-state index in [2.05, 4.69) is 17.6 Å². The summed E-state index contributed by atoms with van der Waals surface area (Å²) in [6, 6.07) is 6.77. The van der Waals surface area contributed by atoms with Crippen molar-refractivity contribution in [3.63, 3.8) is 0 Å². The van der Waals surface area contributed by atoms with Crippen LogP contribution in [0.25, 0.3) is 0 Å². The molecular formula is C21H31N3O4. The van der Waals surface area contributed by atoms with Crippen LogP contribution in [0.3, 0.4) is 0 Å². The maximum atomic E-state index is 12.6. The Balaban J connectivity index is 1.84. The number of benzene rings is 1. The number of nitrogens with one attached hydrogen (secondary N) is 2. The predicted octanol–water partition coefficient (Wildman–Crippen LogP) is 2.96. The minimum atomic E-state index is -0.301. The van der Waals surface area contributed by atoms with E-state index in [0.29, 0.717) is 50.2 Å². The Morgan fingerprint density at radius 1 is 1.07 bits per heavy atom. The number of carbonyl (C=O) groups is 3. The zero-order chi connectivity index (χ0) is 20.4. The van der Waals surface area contributed by atoms with E-state index >= 15 is 0 Å². The summed E-state index contributed by atoms with van der Waals surface area (Å²) in [5.41, 5.74) is 0.954. The van der Waals surface area contributed by atoms with Crippen LogP contribution in [0.4, 0.5) is 4.79 Å². The number of rotatable bonds is 8. The summed E-state index contributed by atoms with van der Waals surface area (Å²) >= 11 is 0. The van der Waals surface area contributed by atoms with Crippen molar-refractivity contribution in [2.24, 2.45) is 0 Å². The molecule has 0 aromatic heterocycles. The van der Waals surface area contributed by atoms with Crippen LogP contribution in [0.15, 0.2) is 24.3 Å². The van der Waals surface area contributed by atoms with Crippen LogP contribution >= 0.6 is 0 Å². The summed E-state index contributed by atoms with van der Waals surface area (Å²) in [6.45, 7) is 6.02. The number of piperidine rings is 1. The predicted molar refractivity (Wildman–Crippen MR) is 107 cm³/mol. The van der Waals surface area contributed by atoms with Crippen LogP contribution in [-0.4, -0.2) is 55.1 Å². The fraction of sp³-hybridized carbons (Fsp3) is 0.571. The molecule has 0 unspecified atom stereocenters. The van der Waals surface area contributed by atoms with Gasteiger partial charge in [-0.1, -0.05) is 25.8 Å². The van der Waals surface area contributed by atoms with Gasteiger partial charge in [0.1, 0.15) is 0 Å². The number of likely N-dealkylation sites (tertiary alicyclic amines) is 1. The average Bonchev–Trinajstić information content (AvgIpc) is 2.72. The molecule has 7 heteroatoms. The van der Waals surface area contributed by atoms with Gasteiger partial charge in [-0.2, -0.15) is 0 Å². The van der Waals surface area contributed by atoms with E-state index in [1.165, 1.54) is 0 Å². The first-order valence-corrected chi connectivity index (χ1v) is 10.2. The average molecular weight is 389 g/mol. The van der Waals surface area contributed by atoms with Crippen LogP contribution in [0.2, 0.25) is 0 Å². The number of hydrogen-bond acceptors (Lipinski definition) is 4. The molecule has 2 rings (SSSR count). The molecule has 0 spiro atoms. The zero-order valence-corrected chi connectivity index (χ0v) is 16.8. The van der Waals surface area contributed by atoms with Gasteiger partial charge in [-0.3, -0.25) is 9.59 Å². The molecule has 0 atom stereocenters. The van der Waals surface area contributed by atoms with Gasteiger partial charge < -0.3 is 20.3 Å². The molecule has 28 heavy (non-hydrogen) atoms. The number of ether oxygens (including phenoxy) is 1. The SMILES string of the molecule is CCCCCNC(=O)c1cccc(C(=O)NC2CCN(C(=O)OCC)CC2)c1. The maximum absolute atomic E-state index is 12.6. The van der Waals surface area contributed by atoms with E-state index in [9.17, 15) is 14.4 Å². The summed E-state index contributed by atoms with van der Waals surface area (Å²) in [6.07, 6.45) is 4.20. The molecule has 7 nitrogen and oxygen atoms in total. The Morgan fingerprint density at radius 2 is 1.75 bits per heavy atom. The molecule has 0 bridgehead atoms. The number of nitrogens with zero attached hydrogens (tertiary/aromatic N) is 1. The molecule has 154 valence electrons. The Kier molecular flexibility index (Phi) is 8.78. The molecule has 1 fully saturated rings. The molecule has 1 aromatic rings. The van der Waals surface area contributed by atoms with Crippen LogP contribution < -0.4 is 10.6 Å². The van der Waals surface area contributed by atoms with Crippen molar-refractivity contribution in [2.75, 3.05) is 26.2 Å². The molecule has 1 aliphatic heterocycles. The fourth-order valence-electron chi connectivity index (χ4n) is 3.17. The standard InChI is InChI=1S/C21H31N3O4/c1-3-5-6-12-22-19(25)16-8-7-9-17(15-16)20(26)23-18-10-13-24(14-11-18)21(27)28-4-2/h7-9,15,18H,3-6,10-14H2,1-2H3,(H,22,25)(H,23,26). The van der Waals surface area contributed by atoms with Crippen LogP contribution in [-0.2, 0) is 4.74 Å². The van der Waals surface area contributed by atoms with E-state index < -0.39 is 0 Å². The number of carbonyl (C=O) groups excluding carboxylic acids is 3. The van der Waals surface area contributed by atoms with Crippen molar-refractivity contribution in [1.82, 2.24) is 15.5 Å². The van der Waals surface area contributed by atoms with Crippen molar-refractivity contribution >= 4 is 17.9 Å². The number of unbranched alkanes of at least 4 members (excludes halogenated alkanes) is 2. The molecule has 2 N–H and O–H groups in total. The summed E-state index contributed by atoms with van der Waals surface area (Å²) in [5, 5.41) is 5.89. The molecule has 3 amide bonds. The molecule has 0 radical (unpaired) electrons. The molecule has 1 aromatic carbocycles. The quantitative estimate of drug-likeness (QED) is 0.669. The van der Waals surface area contributed by atoms with Gasteiger partial charge in [0.15, 0.2) is 0 Å². The Bertz CT molecular complexity index is 669. The molecule has 1 aliphatic rings. The highest BCUT2D eigenvalue weighted by molar-refractivity contribution is 5.99. The topological polar surface area (TPSA) is 87.7 Å². The lowest BCUT2D eigenvalue weighted by atomic mass is 10.0. The molecule has 0 aliphatic carbocycles. The van der Waals surface area contributed by atoms with Gasteiger partial charge in [0, 0.05) is 36.8 Å². The lowest BCUT2D eigenvalue weighted by Gasteiger charge is -2.31. The Hall–Kier alpha value is -2.57. The minimum absolute atomic E-state index is 0.00435. The van der Waals surface area contributed by atoms with Gasteiger partial charge in [0.05, 0.1) is 6.61 Å². The minimum Gasteiger partial charge on any atom is -0.450 e. The van der Waals surface area contributed by atoms with E-state index in [-0.39, 0.29) is 23.9 Å². The van der Waals surface area contributed by atoms with Crippen LogP contribution in [0.1, 0.15) is 66.7 Å². The smallest absolute Gasteiger partial charge is 0.409 e. The van der Waals surface area contributed by atoms with Crippen LogP contribution in [0.5, 0.6) is 0 Å². The van der Waals surface area contributed by atoms with Crippen molar-refractivity contribution in [3.05, 3.63) is 35.4 Å². The molecule has 1 saturated heterocycles. The molecule has 0 saturated carbocycles. The largest absolute Gasteiger partial charge is 0.450 e. The summed E-state index contributed by atoms with van der Waals surface area (Å²) in [7, 11) is 0. The normalized spacial score (nSPS) is 14.4. The lowest BCUT2D eigenvalue weighted by molar-refractivity contribution is 0.0859. The highest BCUT2D eigenvalue weighted by atomic mass is 16.6. The highest BCUT2D eigenvalue weighted by Gasteiger charge is 2.25. The third-order valence-corrected chi connectivity index (χ3v) is 4.81. The first-order valence-electron chi connectivity index (χ1n) is 10.2. The van der Waals surface area contributed by atoms with Crippen LogP contribution in [0, 0.1) is 0 Å². The highest BCUT2D eigenvalue weighted by Crippen LogP contribution is 2.13. The first kappa shape index (κ1) is 21.7. The second kappa shape index (κ2) is 11.3. The van der Waals surface area contributed by atoms with Gasteiger partial charge >= 0.3 is 6.09 Å². The van der Waals surface area contributed by atoms with Gasteiger partial charge in [-0.25, -0.2) is 4.79 Å². The third-order valence-electron chi connectivity index (χ3n) is 4.81. The van der Waals surface area contributed by atoms with Gasteiger partial charge in [0.2, 0.25) is 0 Å². The van der Waals surface area contributed by atoms with E-state index in [0.717, 1.165) is 19.3 Å². The number of amides is 3. The zero-order valence-electron chi connectivity index (χ0n) is 16.8. The Morgan fingerprint density at radius 3 is 2.39 bits per heavy atom. The van der Waals surface area contributed by atoms with Gasteiger partial charge in [0.25, 0.3) is 11.8 Å². The lowest BCUT2D eigenvalue weighted by Crippen LogP contribution is -2.46. The van der Waals surface area contributed by atoms with Crippen molar-refractivity contribution in [3.8, 4) is 0 Å². The molecular weight excluding hydrogens is 358 g/mol. The third kappa shape index (κ3) is 6.55. The monoisotopic (exact) mass is 389 g/mol. The second-order valence-electron chi connectivity index (χ2n) is 6.98. The van der Waals surface area contributed by atoms with E-state index in [4.69, 9.17) is 4.74 Å². The van der Waals surface area contributed by atoms with Crippen molar-refractivity contribution in [2.45, 2.75) is 52.0 Å². The summed E-state index contributed by atoms with van der Waals surface area (Å²) < 4.78 is 5.01.